The molecule has 29 heteroatoms. The number of alkyl halides is 6. The summed E-state index contributed by atoms with van der Waals surface area (Å²) in [7, 11) is -4.70. The fourth-order valence-electron chi connectivity index (χ4n) is 9.92. The highest BCUT2D eigenvalue weighted by molar-refractivity contribution is 7.88. The van der Waals surface area contributed by atoms with Crippen LogP contribution in [0.2, 0.25) is 0 Å². The molecular formula is C50H48F8N6O13S2. The number of sulfonamides is 2. The summed E-state index contributed by atoms with van der Waals surface area (Å²) in [4.78, 5) is 16.3. The normalized spacial score (nSPS) is 20.4. The van der Waals surface area contributed by atoms with Crippen LogP contribution in [0.4, 0.5) is 46.5 Å². The molecule has 4 fully saturated rings. The first kappa shape index (κ1) is 56.7. The third-order valence-electron chi connectivity index (χ3n) is 13.4. The zero-order valence-electron chi connectivity index (χ0n) is 41.7. The predicted octanol–water partition coefficient (Wildman–Crippen LogP) is 7.92. The molecule has 424 valence electrons. The van der Waals surface area contributed by atoms with E-state index in [0.29, 0.717) is 30.1 Å². The van der Waals surface area contributed by atoms with E-state index in [1.165, 1.54) is 94.9 Å². The van der Waals surface area contributed by atoms with Crippen LogP contribution in [0, 0.1) is 11.6 Å². The van der Waals surface area contributed by atoms with Crippen LogP contribution in [0.3, 0.4) is 0 Å². The first-order valence-corrected chi connectivity index (χ1v) is 27.2. The van der Waals surface area contributed by atoms with Crippen LogP contribution in [0.5, 0.6) is 23.0 Å². The van der Waals surface area contributed by atoms with Gasteiger partial charge in [0, 0.05) is 68.1 Å². The minimum atomic E-state index is -4.92. The van der Waals surface area contributed by atoms with Gasteiger partial charge in [0.2, 0.25) is 20.0 Å². The topological polar surface area (TPSA) is 206 Å². The molecule has 79 heavy (non-hydrogen) atoms. The van der Waals surface area contributed by atoms with Crippen molar-refractivity contribution in [2.24, 2.45) is 0 Å². The molecule has 0 radical (unpaired) electrons. The molecule has 4 saturated heterocycles. The maximum absolute atomic E-state index is 15.4. The number of nitrogens with zero attached hydrogens (tertiary/aromatic N) is 6. The van der Waals surface area contributed by atoms with Crippen LogP contribution in [0.15, 0.2) is 107 Å². The molecule has 10 rings (SSSR count). The molecule has 0 bridgehead atoms. The highest BCUT2D eigenvalue weighted by Crippen LogP contribution is 2.43. The average molecular weight is 1160 g/mol. The van der Waals surface area contributed by atoms with Crippen molar-refractivity contribution in [1.82, 2.24) is 18.9 Å². The number of piperidine rings is 2. The fourth-order valence-corrected chi connectivity index (χ4v) is 12.8. The van der Waals surface area contributed by atoms with Crippen molar-refractivity contribution < 1.29 is 94.2 Å². The molecule has 0 unspecified atom stereocenters. The van der Waals surface area contributed by atoms with Crippen molar-refractivity contribution >= 4 is 37.3 Å². The molecule has 2 aromatic heterocycles. The van der Waals surface area contributed by atoms with Gasteiger partial charge in [-0.25, -0.2) is 25.6 Å². The number of rotatable bonds is 14. The van der Waals surface area contributed by atoms with E-state index in [1.807, 2.05) is 4.90 Å². The van der Waals surface area contributed by atoms with Crippen molar-refractivity contribution in [3.8, 4) is 45.3 Å². The van der Waals surface area contributed by atoms with Gasteiger partial charge in [0.05, 0.1) is 67.9 Å². The molecular weight excluding hydrogens is 1110 g/mol. The largest absolute Gasteiger partial charge is 0.573 e. The number of aromatic nitrogens is 2. The Morgan fingerprint density at radius 1 is 0.620 bits per heavy atom. The maximum Gasteiger partial charge on any atom is 0.573 e. The summed E-state index contributed by atoms with van der Waals surface area (Å²) < 4.78 is 201. The quantitative estimate of drug-likeness (QED) is 0.0950. The van der Waals surface area contributed by atoms with Gasteiger partial charge in [0.15, 0.2) is 0 Å². The van der Waals surface area contributed by atoms with Gasteiger partial charge < -0.3 is 47.3 Å². The monoisotopic (exact) mass is 1160 g/mol. The predicted molar refractivity (Wildman–Crippen MR) is 263 cm³/mol. The van der Waals surface area contributed by atoms with Crippen molar-refractivity contribution in [3.05, 3.63) is 120 Å². The second kappa shape index (κ2) is 23.0. The highest BCUT2D eigenvalue weighted by Gasteiger charge is 2.46. The first-order valence-electron chi connectivity index (χ1n) is 24.0. The Morgan fingerprint density at radius 2 is 1.10 bits per heavy atom. The molecule has 0 spiro atoms. The third-order valence-corrected chi connectivity index (χ3v) is 16.9. The smallest absolute Gasteiger partial charge is 0.495 e. The first-order chi connectivity index (χ1) is 37.5. The van der Waals surface area contributed by atoms with E-state index in [2.05, 4.69) is 19.8 Å². The van der Waals surface area contributed by atoms with E-state index in [4.69, 9.17) is 28.0 Å². The van der Waals surface area contributed by atoms with E-state index in [9.17, 15) is 48.0 Å². The molecule has 0 aliphatic carbocycles. The number of methoxy groups -OCH3 is 2. The maximum atomic E-state index is 15.4. The number of carbonyl (C=O) groups excluding carboxylic acids is 1. The lowest BCUT2D eigenvalue weighted by molar-refractivity contribution is -0.275. The number of ether oxygens (including phenoxy) is 6. The van der Waals surface area contributed by atoms with E-state index in [1.54, 1.807) is 0 Å². The Morgan fingerprint density at radius 3 is 1.58 bits per heavy atom. The minimum Gasteiger partial charge on any atom is -0.495 e. The number of hydrogen-bond donors (Lipinski definition) is 0. The SMILES string of the molecule is COc1cc(-c2cccc(OC(F)(F)F)c2)c(F)cc1N1C(=O)CO[C@@H]2CN(S(=O)(=O)Cc3ccon3)CC[C@H]21.COc1cc(-c2cccc(OC(F)(F)F)c2)c(F)cc1N1CCO[C@H]2CN(S(=O)(=O)Cc3ccon3)CC[C@@H]21. The lowest BCUT2D eigenvalue weighted by Crippen LogP contribution is -2.62. The van der Waals surface area contributed by atoms with Gasteiger partial charge in [0.1, 0.15) is 65.3 Å². The molecule has 1 amide bonds. The number of benzene rings is 4. The van der Waals surface area contributed by atoms with Crippen molar-refractivity contribution in [1.29, 1.82) is 0 Å². The minimum absolute atomic E-state index is 0.0382. The molecule has 19 nitrogen and oxygen atoms in total. The second-order valence-corrected chi connectivity index (χ2v) is 22.2. The number of hydrogen-bond acceptors (Lipinski definition) is 16. The van der Waals surface area contributed by atoms with Crippen LogP contribution in [-0.4, -0.2) is 139 Å². The number of morpholine rings is 2. The van der Waals surface area contributed by atoms with Gasteiger partial charge in [-0.05, 0) is 60.4 Å². The summed E-state index contributed by atoms with van der Waals surface area (Å²) >= 11 is 0. The van der Waals surface area contributed by atoms with Gasteiger partial charge in [-0.2, -0.15) is 8.61 Å². The third kappa shape index (κ3) is 13.2. The number of amides is 1. The average Bonchev–Trinajstić information content (AvgIpc) is 4.22. The number of anilines is 2. The fraction of sp³-hybridized carbons (Fsp3) is 0.380. The Balaban J connectivity index is 0.000000192. The number of carbonyl (C=O) groups is 1. The summed E-state index contributed by atoms with van der Waals surface area (Å²) in [5.74, 6) is -3.20. The van der Waals surface area contributed by atoms with Gasteiger partial charge in [0.25, 0.3) is 5.91 Å². The van der Waals surface area contributed by atoms with Gasteiger partial charge in [-0.15, -0.1) is 26.3 Å². The highest BCUT2D eigenvalue weighted by atomic mass is 32.2. The lowest BCUT2D eigenvalue weighted by atomic mass is 9.97. The van der Waals surface area contributed by atoms with Crippen molar-refractivity contribution in [2.45, 2.75) is 61.4 Å². The second-order valence-electron chi connectivity index (χ2n) is 18.3. The lowest BCUT2D eigenvalue weighted by Gasteiger charge is -2.47. The summed E-state index contributed by atoms with van der Waals surface area (Å²) in [5.41, 5.74) is 1.34. The molecule has 4 aromatic carbocycles. The van der Waals surface area contributed by atoms with Crippen LogP contribution < -0.4 is 28.7 Å². The molecule has 4 aliphatic heterocycles. The van der Waals surface area contributed by atoms with Crippen LogP contribution in [0.1, 0.15) is 24.2 Å². The van der Waals surface area contributed by atoms with Gasteiger partial charge >= 0.3 is 12.7 Å². The van der Waals surface area contributed by atoms with Crippen LogP contribution in [-0.2, 0) is 45.8 Å². The Labute approximate surface area is 446 Å². The van der Waals surface area contributed by atoms with Crippen LogP contribution >= 0.6 is 0 Å². The van der Waals surface area contributed by atoms with Crippen LogP contribution in [0.25, 0.3) is 22.3 Å². The van der Waals surface area contributed by atoms with E-state index >= 15 is 8.78 Å². The molecule has 4 atom stereocenters. The molecule has 0 N–H and O–H groups in total. The van der Waals surface area contributed by atoms with E-state index in [0.717, 1.165) is 30.3 Å². The molecule has 0 saturated carbocycles. The summed E-state index contributed by atoms with van der Waals surface area (Å²) in [6.07, 6.45) is -7.78. The standard InChI is InChI=1S/C25H23F4N3O7S.C25H25F4N3O6S/c1-36-22-10-18(15-3-2-4-17(9-15)39-25(27,28)29)19(26)11-21(22)32-20-5-7-31(12-23(20)37-13-24(32)33)40(34,35)14-16-6-8-38-30-16;1-35-23-12-19(16-3-2-4-18(11-16)38-25(27,28)29)20(26)13-22(23)32-8-10-36-24-14-31(7-5-21(24)32)39(33,34)15-17-6-9-37-30-17/h2-4,6,8-11,20,23H,5,7,12-14H2,1H3;2-4,6,9,11-13,21,24H,5,7-8,10,14-15H2,1H3/t20-,23-;21-,24-/m10/s1. The van der Waals surface area contributed by atoms with Crippen molar-refractivity contribution in [3.63, 3.8) is 0 Å². The zero-order chi connectivity index (χ0) is 56.4. The number of fused-ring (bicyclic) bond motifs is 2. The molecule has 6 heterocycles. The van der Waals surface area contributed by atoms with E-state index < -0.39 is 80.1 Å². The van der Waals surface area contributed by atoms with E-state index in [-0.39, 0.29) is 103 Å². The summed E-state index contributed by atoms with van der Waals surface area (Å²) in [6, 6.07) is 17.0. The Bertz CT molecular complexity index is 3360. The summed E-state index contributed by atoms with van der Waals surface area (Å²) in [5, 5.41) is 7.32. The molecule has 4 aliphatic rings. The van der Waals surface area contributed by atoms with Gasteiger partial charge in [-0.3, -0.25) is 4.79 Å². The zero-order valence-corrected chi connectivity index (χ0v) is 43.3. The Kier molecular flexibility index (Phi) is 16.5. The number of halogens is 8. The summed E-state index contributed by atoms with van der Waals surface area (Å²) in [6.45, 7) is 0.708. The van der Waals surface area contributed by atoms with Gasteiger partial charge in [-0.1, -0.05) is 34.6 Å². The molecule has 6 aromatic rings. The van der Waals surface area contributed by atoms with Crippen molar-refractivity contribution in [2.75, 3.05) is 70.0 Å². The Hall–Kier alpha value is -7.05.